The predicted octanol–water partition coefficient (Wildman–Crippen LogP) is 4.54. The van der Waals surface area contributed by atoms with Gasteiger partial charge in [-0.1, -0.05) is 55.1 Å². The van der Waals surface area contributed by atoms with E-state index in [0.29, 0.717) is 5.92 Å². The van der Waals surface area contributed by atoms with Crippen molar-refractivity contribution in [3.8, 4) is 0 Å². The van der Waals surface area contributed by atoms with E-state index in [9.17, 15) is 0 Å². The SMILES string of the molecule is C=C1NN=C2c3c(cccc31)CC(c1ccccc1)C2c1cncs1. The summed E-state index contributed by atoms with van der Waals surface area (Å²) in [5, 5.41) is 4.74. The highest BCUT2D eigenvalue weighted by molar-refractivity contribution is 7.09. The molecule has 2 aliphatic rings. The molecule has 4 heteroatoms. The van der Waals surface area contributed by atoms with Crippen LogP contribution in [0, 0.1) is 0 Å². The van der Waals surface area contributed by atoms with Gasteiger partial charge >= 0.3 is 0 Å². The van der Waals surface area contributed by atoms with Crippen molar-refractivity contribution in [2.75, 3.05) is 0 Å². The summed E-state index contributed by atoms with van der Waals surface area (Å²) in [6, 6.07) is 17.2. The number of thiazole rings is 1. The third-order valence-corrected chi connectivity index (χ3v) is 6.02. The van der Waals surface area contributed by atoms with Crippen molar-refractivity contribution in [1.82, 2.24) is 10.4 Å². The van der Waals surface area contributed by atoms with Gasteiger partial charge in [-0.15, -0.1) is 11.3 Å². The van der Waals surface area contributed by atoms with Crippen LogP contribution in [0.1, 0.15) is 39.0 Å². The van der Waals surface area contributed by atoms with Crippen molar-refractivity contribution in [3.63, 3.8) is 0 Å². The Balaban J connectivity index is 1.75. The zero-order valence-corrected chi connectivity index (χ0v) is 14.5. The number of hydrogen-bond donors (Lipinski definition) is 1. The van der Waals surface area contributed by atoms with E-state index < -0.39 is 0 Å². The lowest BCUT2D eigenvalue weighted by Crippen LogP contribution is -2.33. The van der Waals surface area contributed by atoms with Crippen LogP contribution in [0.2, 0.25) is 0 Å². The molecule has 2 atom stereocenters. The first-order chi connectivity index (χ1) is 12.3. The van der Waals surface area contributed by atoms with Crippen LogP contribution in [0.3, 0.4) is 0 Å². The van der Waals surface area contributed by atoms with Gasteiger partial charge in [0.2, 0.25) is 0 Å². The van der Waals surface area contributed by atoms with Gasteiger partial charge in [-0.2, -0.15) is 5.10 Å². The average Bonchev–Trinajstić information content (AvgIpc) is 3.19. The summed E-state index contributed by atoms with van der Waals surface area (Å²) in [5.41, 5.74) is 12.2. The molecule has 1 N–H and O–H groups in total. The summed E-state index contributed by atoms with van der Waals surface area (Å²) >= 11 is 1.71. The van der Waals surface area contributed by atoms with E-state index in [4.69, 9.17) is 5.10 Å². The molecule has 3 nitrogen and oxygen atoms in total. The Kier molecular flexibility index (Phi) is 3.31. The minimum absolute atomic E-state index is 0.212. The zero-order valence-electron chi connectivity index (χ0n) is 13.6. The van der Waals surface area contributed by atoms with Crippen molar-refractivity contribution in [1.29, 1.82) is 0 Å². The number of hydrazone groups is 1. The second-order valence-electron chi connectivity index (χ2n) is 6.53. The number of aromatic nitrogens is 1. The molecule has 0 radical (unpaired) electrons. The average molecular weight is 343 g/mol. The normalized spacial score (nSPS) is 21.3. The fourth-order valence-electron chi connectivity index (χ4n) is 4.06. The first-order valence-electron chi connectivity index (χ1n) is 8.41. The van der Waals surface area contributed by atoms with E-state index in [2.05, 4.69) is 65.5 Å². The maximum absolute atomic E-state index is 4.74. The van der Waals surface area contributed by atoms with Gasteiger partial charge in [0.05, 0.1) is 16.9 Å². The van der Waals surface area contributed by atoms with Crippen molar-refractivity contribution in [2.45, 2.75) is 18.3 Å². The molecule has 0 amide bonds. The molecule has 5 rings (SSSR count). The summed E-state index contributed by atoms with van der Waals surface area (Å²) in [6.45, 7) is 4.13. The minimum Gasteiger partial charge on any atom is -0.278 e. The fraction of sp³-hybridized carbons (Fsp3) is 0.143. The summed E-state index contributed by atoms with van der Waals surface area (Å²) in [5.74, 6) is 0.570. The molecule has 1 aromatic heterocycles. The van der Waals surface area contributed by atoms with E-state index in [-0.39, 0.29) is 5.92 Å². The van der Waals surface area contributed by atoms with E-state index >= 15 is 0 Å². The predicted molar refractivity (Wildman–Crippen MR) is 103 cm³/mol. The van der Waals surface area contributed by atoms with Crippen LogP contribution in [-0.4, -0.2) is 10.7 Å². The van der Waals surface area contributed by atoms with E-state index in [1.165, 1.54) is 27.1 Å². The van der Waals surface area contributed by atoms with Gasteiger partial charge in [0.1, 0.15) is 0 Å². The maximum atomic E-state index is 4.74. The van der Waals surface area contributed by atoms with Crippen molar-refractivity contribution in [2.24, 2.45) is 5.10 Å². The fourth-order valence-corrected chi connectivity index (χ4v) is 4.85. The number of rotatable bonds is 2. The summed E-state index contributed by atoms with van der Waals surface area (Å²) in [6.07, 6.45) is 2.99. The molecule has 25 heavy (non-hydrogen) atoms. The van der Waals surface area contributed by atoms with E-state index in [1.54, 1.807) is 11.3 Å². The quantitative estimate of drug-likeness (QED) is 0.741. The topological polar surface area (TPSA) is 37.3 Å². The van der Waals surface area contributed by atoms with Gasteiger partial charge in [-0.25, -0.2) is 0 Å². The lowest BCUT2D eigenvalue weighted by atomic mass is 9.69. The summed E-state index contributed by atoms with van der Waals surface area (Å²) < 4.78 is 0. The van der Waals surface area contributed by atoms with Crippen LogP contribution < -0.4 is 5.43 Å². The minimum atomic E-state index is 0.212. The molecular formula is C21H17N3S. The van der Waals surface area contributed by atoms with Crippen molar-refractivity contribution >= 4 is 22.7 Å². The summed E-state index contributed by atoms with van der Waals surface area (Å²) in [7, 11) is 0. The standard InChI is InChI=1S/C21H17N3S/c1-13-16-9-5-8-15-10-17(14-6-3-2-4-7-14)20(18-11-22-12-25-18)21(19(15)16)24-23-13/h2-9,11-12,17,20,23H,1,10H2. The van der Waals surface area contributed by atoms with Crippen LogP contribution in [0.5, 0.6) is 0 Å². The van der Waals surface area contributed by atoms with Crippen LogP contribution in [0.15, 0.2) is 71.9 Å². The molecule has 0 fully saturated rings. The van der Waals surface area contributed by atoms with Gasteiger partial charge in [-0.3, -0.25) is 10.4 Å². The van der Waals surface area contributed by atoms with E-state index in [0.717, 1.165) is 17.8 Å². The first-order valence-corrected chi connectivity index (χ1v) is 9.29. The highest BCUT2D eigenvalue weighted by Crippen LogP contribution is 2.46. The molecule has 2 heterocycles. The summed E-state index contributed by atoms with van der Waals surface area (Å²) in [4.78, 5) is 5.60. The van der Waals surface area contributed by atoms with Crippen molar-refractivity contribution < 1.29 is 0 Å². The lowest BCUT2D eigenvalue weighted by molar-refractivity contribution is 0.622. The Labute approximate surface area is 150 Å². The van der Waals surface area contributed by atoms with Gasteiger partial charge < -0.3 is 0 Å². The molecule has 0 saturated heterocycles. The van der Waals surface area contributed by atoms with E-state index in [1.807, 2.05) is 11.7 Å². The Morgan fingerprint density at radius 2 is 1.96 bits per heavy atom. The van der Waals surface area contributed by atoms with Crippen LogP contribution in [0.25, 0.3) is 5.70 Å². The van der Waals surface area contributed by atoms with Gasteiger partial charge in [0.15, 0.2) is 0 Å². The zero-order chi connectivity index (χ0) is 16.8. The Bertz CT molecular complexity index is 974. The second kappa shape index (κ2) is 5.67. The third kappa shape index (κ3) is 2.25. The number of nitrogens with zero attached hydrogens (tertiary/aromatic N) is 2. The van der Waals surface area contributed by atoms with Crippen molar-refractivity contribution in [3.05, 3.63) is 93.9 Å². The highest BCUT2D eigenvalue weighted by Gasteiger charge is 2.39. The Hall–Kier alpha value is -2.72. The molecule has 0 spiro atoms. The molecule has 0 saturated carbocycles. The molecule has 0 bridgehead atoms. The molecular weight excluding hydrogens is 326 g/mol. The second-order valence-corrected chi connectivity index (χ2v) is 7.45. The lowest BCUT2D eigenvalue weighted by Gasteiger charge is -2.37. The Morgan fingerprint density at radius 3 is 2.76 bits per heavy atom. The van der Waals surface area contributed by atoms with Crippen LogP contribution >= 0.6 is 11.3 Å². The van der Waals surface area contributed by atoms with Crippen LogP contribution in [-0.2, 0) is 6.42 Å². The highest BCUT2D eigenvalue weighted by atomic mass is 32.1. The third-order valence-electron chi connectivity index (χ3n) is 5.17. The van der Waals surface area contributed by atoms with Gasteiger partial charge in [0.25, 0.3) is 0 Å². The number of hydrogen-bond acceptors (Lipinski definition) is 4. The Morgan fingerprint density at radius 1 is 1.08 bits per heavy atom. The van der Waals surface area contributed by atoms with Gasteiger partial charge in [0, 0.05) is 34.0 Å². The van der Waals surface area contributed by atoms with Crippen LogP contribution in [0.4, 0.5) is 0 Å². The molecule has 2 aromatic carbocycles. The smallest absolute Gasteiger partial charge is 0.0794 e. The largest absolute Gasteiger partial charge is 0.278 e. The number of benzene rings is 2. The molecule has 2 unspecified atom stereocenters. The first kappa shape index (κ1) is 14.6. The number of nitrogens with one attached hydrogen (secondary N) is 1. The molecule has 1 aliphatic carbocycles. The maximum Gasteiger partial charge on any atom is 0.0794 e. The molecule has 3 aromatic rings. The van der Waals surface area contributed by atoms with Gasteiger partial charge in [-0.05, 0) is 17.5 Å². The monoisotopic (exact) mass is 343 g/mol. The molecule has 122 valence electrons. The molecule has 1 aliphatic heterocycles.